The molecule has 0 bridgehead atoms. The van der Waals surface area contributed by atoms with Crippen LogP contribution in [0.15, 0.2) is 35.9 Å². The number of aromatic hydroxyl groups is 2. The second-order valence-corrected chi connectivity index (χ2v) is 9.87. The summed E-state index contributed by atoms with van der Waals surface area (Å²) in [6, 6.07) is 6.09. The Morgan fingerprint density at radius 2 is 1.90 bits per heavy atom. The minimum absolute atomic E-state index is 0.00910. The summed E-state index contributed by atoms with van der Waals surface area (Å²) in [5.74, 6) is 0.707. The fourth-order valence-corrected chi connectivity index (χ4v) is 5.74. The molecular weight excluding hydrogens is 382 g/mol. The van der Waals surface area contributed by atoms with Gasteiger partial charge < -0.3 is 10.2 Å². The molecule has 3 heteroatoms. The number of nitrogens with zero attached hydrogens (tertiary/aromatic N) is 1. The summed E-state index contributed by atoms with van der Waals surface area (Å²) in [7, 11) is 0. The van der Waals surface area contributed by atoms with Crippen LogP contribution in [0.4, 0.5) is 0 Å². The van der Waals surface area contributed by atoms with Crippen LogP contribution >= 0.6 is 0 Å². The number of hydrogen-bond donors (Lipinski definition) is 2. The lowest BCUT2D eigenvalue weighted by atomic mass is 9.61. The molecule has 31 heavy (non-hydrogen) atoms. The van der Waals surface area contributed by atoms with Crippen molar-refractivity contribution in [2.75, 3.05) is 0 Å². The van der Waals surface area contributed by atoms with Crippen LogP contribution in [0, 0.1) is 17.2 Å². The molecule has 168 valence electrons. The van der Waals surface area contributed by atoms with Gasteiger partial charge in [-0.1, -0.05) is 56.4 Å². The van der Waals surface area contributed by atoms with Gasteiger partial charge in [0, 0.05) is 17.9 Å². The fraction of sp³-hybridized carbons (Fsp3) is 0.607. The Hall–Kier alpha value is -2.21. The van der Waals surface area contributed by atoms with Crippen molar-refractivity contribution in [3.05, 3.63) is 47.1 Å². The van der Waals surface area contributed by atoms with Crippen molar-refractivity contribution in [2.45, 2.75) is 102 Å². The van der Waals surface area contributed by atoms with Gasteiger partial charge in [0.1, 0.15) is 11.5 Å². The maximum absolute atomic E-state index is 11.1. The zero-order valence-electron chi connectivity index (χ0n) is 19.4. The Kier molecular flexibility index (Phi) is 7.87. The van der Waals surface area contributed by atoms with Gasteiger partial charge in [-0.15, -0.1) is 0 Å². The Balaban J connectivity index is 1.87. The minimum atomic E-state index is -0.00910. The van der Waals surface area contributed by atoms with Crippen LogP contribution < -0.4 is 0 Å². The number of allylic oxidation sites excluding steroid dienone is 3. The third-order valence-corrected chi connectivity index (χ3v) is 7.67. The van der Waals surface area contributed by atoms with Gasteiger partial charge in [0.2, 0.25) is 0 Å². The normalized spacial score (nSPS) is 22.3. The van der Waals surface area contributed by atoms with Gasteiger partial charge in [-0.3, -0.25) is 0 Å². The van der Waals surface area contributed by atoms with E-state index in [0.717, 1.165) is 75.3 Å². The molecule has 0 amide bonds. The van der Waals surface area contributed by atoms with Crippen molar-refractivity contribution < 1.29 is 10.2 Å². The molecule has 0 aromatic heterocycles. The quantitative estimate of drug-likeness (QED) is 0.299. The van der Waals surface area contributed by atoms with Crippen molar-refractivity contribution >= 4 is 0 Å². The van der Waals surface area contributed by atoms with Gasteiger partial charge in [-0.2, -0.15) is 5.26 Å². The molecule has 1 saturated carbocycles. The maximum atomic E-state index is 11.1. The maximum Gasteiger partial charge on any atom is 0.123 e. The topological polar surface area (TPSA) is 64.2 Å². The van der Waals surface area contributed by atoms with E-state index >= 15 is 0 Å². The van der Waals surface area contributed by atoms with E-state index in [2.05, 4.69) is 32.6 Å². The molecule has 2 N–H and O–H groups in total. The Bertz CT molecular complexity index is 833. The SMILES string of the molecule is C=C(C)[C@H]1CCC(CCC)=C[C@@H]1c1c(O)cc(C2(CCCCCC#N)CCC2)cc1O. The van der Waals surface area contributed by atoms with Gasteiger partial charge in [-0.25, -0.2) is 0 Å². The smallest absolute Gasteiger partial charge is 0.123 e. The first kappa shape index (κ1) is 23.5. The van der Waals surface area contributed by atoms with Crippen molar-refractivity contribution in [3.63, 3.8) is 0 Å². The predicted octanol–water partition coefficient (Wildman–Crippen LogP) is 7.79. The lowest BCUT2D eigenvalue weighted by Gasteiger charge is -2.43. The molecule has 0 radical (unpaired) electrons. The highest BCUT2D eigenvalue weighted by Crippen LogP contribution is 2.52. The lowest BCUT2D eigenvalue weighted by molar-refractivity contribution is 0.217. The molecule has 1 aromatic carbocycles. The first-order chi connectivity index (χ1) is 14.9. The Morgan fingerprint density at radius 1 is 1.19 bits per heavy atom. The molecule has 1 aromatic rings. The van der Waals surface area contributed by atoms with Gasteiger partial charge in [0.05, 0.1) is 6.07 Å². The van der Waals surface area contributed by atoms with Gasteiger partial charge in [0.15, 0.2) is 0 Å². The molecule has 2 aliphatic carbocycles. The second-order valence-electron chi connectivity index (χ2n) is 9.87. The highest BCUT2D eigenvalue weighted by atomic mass is 16.3. The summed E-state index contributed by atoms with van der Waals surface area (Å²) in [6.45, 7) is 8.47. The van der Waals surface area contributed by atoms with Crippen molar-refractivity contribution in [1.29, 1.82) is 5.26 Å². The molecule has 3 nitrogen and oxygen atoms in total. The lowest BCUT2D eigenvalue weighted by Crippen LogP contribution is -2.34. The highest BCUT2D eigenvalue weighted by Gasteiger charge is 2.39. The standard InChI is InChI=1S/C28H39NO2/c1-4-10-21-11-12-23(20(2)3)24(17-21)27-25(30)18-22(19-26(27)31)28(14-9-15-28)13-7-5-6-8-16-29/h17-19,23-24,30-31H,2,4-15H2,1,3H3/t23-,24+/m1/s1. The number of nitriles is 1. The number of benzene rings is 1. The van der Waals surface area contributed by atoms with Gasteiger partial charge in [0.25, 0.3) is 0 Å². The average Bonchev–Trinajstić information content (AvgIpc) is 2.69. The monoisotopic (exact) mass is 421 g/mol. The zero-order valence-corrected chi connectivity index (χ0v) is 19.4. The fourth-order valence-electron chi connectivity index (χ4n) is 5.74. The summed E-state index contributed by atoms with van der Waals surface area (Å²) in [6.07, 6.45) is 14.8. The molecule has 0 spiro atoms. The van der Waals surface area contributed by atoms with E-state index in [1.165, 1.54) is 12.0 Å². The molecule has 0 saturated heterocycles. The van der Waals surface area contributed by atoms with Crippen LogP contribution in [0.5, 0.6) is 11.5 Å². The molecule has 2 atom stereocenters. The highest BCUT2D eigenvalue weighted by molar-refractivity contribution is 5.53. The molecule has 0 aliphatic heterocycles. The third-order valence-electron chi connectivity index (χ3n) is 7.67. The number of phenolic OH excluding ortho intramolecular Hbond substituents is 2. The molecule has 0 heterocycles. The third kappa shape index (κ3) is 5.17. The first-order valence-electron chi connectivity index (χ1n) is 12.2. The molecule has 3 rings (SSSR count). The molecule has 1 fully saturated rings. The first-order valence-corrected chi connectivity index (χ1v) is 12.2. The van der Waals surface area contributed by atoms with Crippen LogP contribution in [-0.4, -0.2) is 10.2 Å². The van der Waals surface area contributed by atoms with E-state index in [9.17, 15) is 10.2 Å². The number of phenols is 2. The molecule has 2 aliphatic rings. The van der Waals surface area contributed by atoms with E-state index < -0.39 is 0 Å². The molecular formula is C28H39NO2. The van der Waals surface area contributed by atoms with Crippen LogP contribution in [-0.2, 0) is 5.41 Å². The van der Waals surface area contributed by atoms with E-state index in [1.807, 2.05) is 12.1 Å². The summed E-state index contributed by atoms with van der Waals surface area (Å²) < 4.78 is 0. The van der Waals surface area contributed by atoms with Crippen molar-refractivity contribution in [3.8, 4) is 17.6 Å². The van der Waals surface area contributed by atoms with E-state index in [4.69, 9.17) is 5.26 Å². The van der Waals surface area contributed by atoms with Crippen LogP contribution in [0.25, 0.3) is 0 Å². The van der Waals surface area contributed by atoms with Crippen LogP contribution in [0.2, 0.25) is 0 Å². The molecule has 0 unspecified atom stereocenters. The summed E-state index contributed by atoms with van der Waals surface area (Å²) in [5, 5.41) is 31.0. The number of rotatable bonds is 10. The van der Waals surface area contributed by atoms with Crippen LogP contribution in [0.3, 0.4) is 0 Å². The van der Waals surface area contributed by atoms with Gasteiger partial charge in [-0.05, 0) is 80.9 Å². The average molecular weight is 422 g/mol. The predicted molar refractivity (Wildman–Crippen MR) is 127 cm³/mol. The van der Waals surface area contributed by atoms with Crippen molar-refractivity contribution in [2.24, 2.45) is 5.92 Å². The largest absolute Gasteiger partial charge is 0.507 e. The minimum Gasteiger partial charge on any atom is -0.507 e. The Morgan fingerprint density at radius 3 is 2.45 bits per heavy atom. The van der Waals surface area contributed by atoms with E-state index in [-0.39, 0.29) is 28.7 Å². The summed E-state index contributed by atoms with van der Waals surface area (Å²) >= 11 is 0. The van der Waals surface area contributed by atoms with E-state index in [1.54, 1.807) is 0 Å². The summed E-state index contributed by atoms with van der Waals surface area (Å²) in [5.41, 5.74) is 4.38. The number of unbranched alkanes of at least 4 members (excludes halogenated alkanes) is 3. The van der Waals surface area contributed by atoms with E-state index in [0.29, 0.717) is 12.0 Å². The zero-order chi connectivity index (χ0) is 22.4. The van der Waals surface area contributed by atoms with Crippen molar-refractivity contribution in [1.82, 2.24) is 0 Å². The Labute approximate surface area is 188 Å². The van der Waals surface area contributed by atoms with Crippen LogP contribution in [0.1, 0.15) is 108 Å². The second kappa shape index (κ2) is 10.4. The summed E-state index contributed by atoms with van der Waals surface area (Å²) in [4.78, 5) is 0. The number of hydrogen-bond acceptors (Lipinski definition) is 3. The van der Waals surface area contributed by atoms with Gasteiger partial charge >= 0.3 is 0 Å².